The number of rotatable bonds is 9. The van der Waals surface area contributed by atoms with Crippen LogP contribution in [0.5, 0.6) is 0 Å². The van der Waals surface area contributed by atoms with Gasteiger partial charge in [0.1, 0.15) is 12.3 Å². The number of hydrogen-bond donors (Lipinski definition) is 2. The van der Waals surface area contributed by atoms with Crippen LogP contribution in [0.4, 0.5) is 11.4 Å². The largest absolute Gasteiger partial charge is 0.467 e. The number of anilines is 1. The summed E-state index contributed by atoms with van der Waals surface area (Å²) in [5.41, 5.74) is 1.87. The Balaban J connectivity index is 1.67. The molecule has 1 heterocycles. The van der Waals surface area contributed by atoms with Crippen molar-refractivity contribution in [2.75, 3.05) is 18.4 Å². The van der Waals surface area contributed by atoms with E-state index in [-0.39, 0.29) is 30.9 Å². The Labute approximate surface area is 195 Å². The molecule has 0 atom stereocenters. The van der Waals surface area contributed by atoms with Crippen molar-refractivity contribution < 1.29 is 23.7 Å². The Bertz CT molecular complexity index is 1210. The van der Waals surface area contributed by atoms with Crippen molar-refractivity contribution >= 4 is 29.1 Å². The number of nitro benzene ring substituents is 1. The number of nitrogens with one attached hydrogen (secondary N) is 2. The van der Waals surface area contributed by atoms with Gasteiger partial charge in [0.2, 0.25) is 11.8 Å². The van der Waals surface area contributed by atoms with Gasteiger partial charge in [0.05, 0.1) is 24.3 Å². The molecule has 10 heteroatoms. The zero-order valence-corrected chi connectivity index (χ0v) is 18.7. The zero-order chi connectivity index (χ0) is 24.7. The molecule has 0 aliphatic rings. The predicted octanol–water partition coefficient (Wildman–Crippen LogP) is 3.20. The van der Waals surface area contributed by atoms with Crippen LogP contribution >= 0.6 is 0 Å². The first kappa shape index (κ1) is 24.2. The summed E-state index contributed by atoms with van der Waals surface area (Å²) in [6.07, 6.45) is 1.43. The van der Waals surface area contributed by atoms with Gasteiger partial charge in [-0.05, 0) is 49.7 Å². The Morgan fingerprint density at radius 1 is 1.03 bits per heavy atom. The molecule has 0 saturated carbocycles. The summed E-state index contributed by atoms with van der Waals surface area (Å²) in [5, 5.41) is 16.4. The molecule has 0 bridgehead atoms. The third-order valence-corrected chi connectivity index (χ3v) is 4.95. The highest BCUT2D eigenvalue weighted by Gasteiger charge is 2.23. The summed E-state index contributed by atoms with van der Waals surface area (Å²) in [6, 6.07) is 14.6. The number of nitro groups is 1. The molecule has 0 unspecified atom stereocenters. The molecule has 0 aliphatic carbocycles. The average Bonchev–Trinajstić information content (AvgIpc) is 3.30. The van der Waals surface area contributed by atoms with E-state index in [1.807, 2.05) is 13.0 Å². The van der Waals surface area contributed by atoms with E-state index in [9.17, 15) is 24.5 Å². The first-order chi connectivity index (χ1) is 16.2. The number of benzene rings is 2. The van der Waals surface area contributed by atoms with Gasteiger partial charge in [-0.1, -0.05) is 18.2 Å². The van der Waals surface area contributed by atoms with E-state index in [0.717, 1.165) is 5.56 Å². The molecule has 10 nitrogen and oxygen atoms in total. The lowest BCUT2D eigenvalue weighted by molar-refractivity contribution is -0.385. The molecule has 0 spiro atoms. The Morgan fingerprint density at radius 2 is 1.82 bits per heavy atom. The highest BCUT2D eigenvalue weighted by molar-refractivity contribution is 5.98. The second-order valence-corrected chi connectivity index (χ2v) is 7.69. The van der Waals surface area contributed by atoms with Gasteiger partial charge in [-0.15, -0.1) is 0 Å². The lowest BCUT2D eigenvalue weighted by Gasteiger charge is -2.21. The Hall–Kier alpha value is -4.47. The van der Waals surface area contributed by atoms with E-state index in [4.69, 9.17) is 4.42 Å². The fourth-order valence-electron chi connectivity index (χ4n) is 3.25. The third-order valence-electron chi connectivity index (χ3n) is 4.95. The van der Waals surface area contributed by atoms with Crippen molar-refractivity contribution in [3.63, 3.8) is 0 Å². The topological polar surface area (TPSA) is 135 Å². The van der Waals surface area contributed by atoms with Crippen LogP contribution < -0.4 is 10.6 Å². The van der Waals surface area contributed by atoms with Gasteiger partial charge in [0.15, 0.2) is 0 Å². The molecule has 0 radical (unpaired) electrons. The van der Waals surface area contributed by atoms with Crippen molar-refractivity contribution in [2.45, 2.75) is 20.4 Å². The molecule has 2 aromatic carbocycles. The second kappa shape index (κ2) is 10.9. The van der Waals surface area contributed by atoms with Crippen LogP contribution in [-0.4, -0.2) is 40.6 Å². The zero-order valence-electron chi connectivity index (χ0n) is 18.7. The fourth-order valence-corrected chi connectivity index (χ4v) is 3.25. The van der Waals surface area contributed by atoms with Crippen molar-refractivity contribution in [1.82, 2.24) is 10.2 Å². The van der Waals surface area contributed by atoms with Crippen molar-refractivity contribution in [1.29, 1.82) is 0 Å². The van der Waals surface area contributed by atoms with E-state index in [0.29, 0.717) is 17.0 Å². The van der Waals surface area contributed by atoms with Gasteiger partial charge in [0, 0.05) is 22.9 Å². The van der Waals surface area contributed by atoms with Crippen LogP contribution in [0.25, 0.3) is 0 Å². The number of carbonyl (C=O) groups excluding carboxylic acids is 3. The Morgan fingerprint density at radius 3 is 2.50 bits per heavy atom. The minimum atomic E-state index is -0.584. The maximum Gasteiger partial charge on any atom is 0.273 e. The lowest BCUT2D eigenvalue weighted by atomic mass is 10.1. The van der Waals surface area contributed by atoms with E-state index in [2.05, 4.69) is 10.6 Å². The second-order valence-electron chi connectivity index (χ2n) is 7.69. The SMILES string of the molecule is Cc1cccc(NC(=O)CNC(=O)CN(Cc2ccco2)C(=O)c2ccc(C)c([N+](=O)[O-])c2)c1. The van der Waals surface area contributed by atoms with Crippen molar-refractivity contribution in [2.24, 2.45) is 0 Å². The highest BCUT2D eigenvalue weighted by Crippen LogP contribution is 2.21. The van der Waals surface area contributed by atoms with Crippen LogP contribution in [0.1, 0.15) is 27.2 Å². The number of nitrogens with zero attached hydrogens (tertiary/aromatic N) is 2. The molecule has 176 valence electrons. The molecule has 0 saturated heterocycles. The van der Waals surface area contributed by atoms with Gasteiger partial charge in [-0.3, -0.25) is 24.5 Å². The summed E-state index contributed by atoms with van der Waals surface area (Å²) >= 11 is 0. The van der Waals surface area contributed by atoms with E-state index < -0.39 is 22.6 Å². The molecule has 3 rings (SSSR count). The first-order valence-corrected chi connectivity index (χ1v) is 10.4. The van der Waals surface area contributed by atoms with Gasteiger partial charge in [-0.25, -0.2) is 0 Å². The average molecular weight is 464 g/mol. The molecule has 34 heavy (non-hydrogen) atoms. The third kappa shape index (κ3) is 6.52. The molecule has 3 amide bonds. The first-order valence-electron chi connectivity index (χ1n) is 10.4. The maximum absolute atomic E-state index is 13.1. The summed E-state index contributed by atoms with van der Waals surface area (Å²) in [7, 11) is 0. The molecule has 0 fully saturated rings. The lowest BCUT2D eigenvalue weighted by Crippen LogP contribution is -2.42. The minimum Gasteiger partial charge on any atom is -0.467 e. The summed E-state index contributed by atoms with van der Waals surface area (Å²) in [6.45, 7) is 2.77. The van der Waals surface area contributed by atoms with Crippen molar-refractivity contribution in [3.05, 3.63) is 93.4 Å². The maximum atomic E-state index is 13.1. The summed E-state index contributed by atoms with van der Waals surface area (Å²) < 4.78 is 5.29. The van der Waals surface area contributed by atoms with Crippen LogP contribution in [0, 0.1) is 24.0 Å². The normalized spacial score (nSPS) is 10.4. The van der Waals surface area contributed by atoms with Gasteiger partial charge < -0.3 is 20.0 Å². The van der Waals surface area contributed by atoms with Gasteiger partial charge in [0.25, 0.3) is 11.6 Å². The number of carbonyl (C=O) groups is 3. The molecular formula is C24H24N4O6. The van der Waals surface area contributed by atoms with E-state index >= 15 is 0 Å². The Kier molecular flexibility index (Phi) is 7.75. The van der Waals surface area contributed by atoms with Gasteiger partial charge in [-0.2, -0.15) is 0 Å². The van der Waals surface area contributed by atoms with Crippen molar-refractivity contribution in [3.8, 4) is 0 Å². The van der Waals surface area contributed by atoms with Crippen LogP contribution in [-0.2, 0) is 16.1 Å². The van der Waals surface area contributed by atoms with E-state index in [1.165, 1.54) is 29.4 Å². The number of aryl methyl sites for hydroxylation is 2. The molecule has 3 aromatic rings. The monoisotopic (exact) mass is 464 g/mol. The smallest absolute Gasteiger partial charge is 0.273 e. The molecule has 2 N–H and O–H groups in total. The van der Waals surface area contributed by atoms with Crippen LogP contribution in [0.2, 0.25) is 0 Å². The number of hydrogen-bond acceptors (Lipinski definition) is 6. The predicted molar refractivity (Wildman–Crippen MR) is 124 cm³/mol. The van der Waals surface area contributed by atoms with Gasteiger partial charge >= 0.3 is 0 Å². The molecule has 0 aliphatic heterocycles. The van der Waals surface area contributed by atoms with E-state index in [1.54, 1.807) is 37.3 Å². The summed E-state index contributed by atoms with van der Waals surface area (Å²) in [5.74, 6) is -1.14. The highest BCUT2D eigenvalue weighted by atomic mass is 16.6. The van der Waals surface area contributed by atoms with Crippen LogP contribution in [0.15, 0.2) is 65.3 Å². The number of amides is 3. The molecular weight excluding hydrogens is 440 g/mol. The number of furan rings is 1. The fraction of sp³-hybridized carbons (Fsp3) is 0.208. The van der Waals surface area contributed by atoms with Crippen LogP contribution in [0.3, 0.4) is 0 Å². The minimum absolute atomic E-state index is 0.0313. The quantitative estimate of drug-likeness (QED) is 0.369. The standard InChI is InChI=1S/C24H24N4O6/c1-16-5-3-6-19(11-16)26-22(29)13-25-23(30)15-27(14-20-7-4-10-34-20)24(31)18-9-8-17(2)21(12-18)28(32)33/h3-12H,13-15H2,1-2H3,(H,25,30)(H,26,29). The molecule has 1 aromatic heterocycles. The summed E-state index contributed by atoms with van der Waals surface area (Å²) in [4.78, 5) is 49.7.